The van der Waals surface area contributed by atoms with Crippen LogP contribution >= 0.6 is 0 Å². The number of ether oxygens (including phenoxy) is 2. The number of pyridine rings is 1. The van der Waals surface area contributed by atoms with Gasteiger partial charge in [-0.1, -0.05) is 6.07 Å². The Bertz CT molecular complexity index is 878. The van der Waals surface area contributed by atoms with Gasteiger partial charge in [-0.2, -0.15) is 0 Å². The third-order valence-corrected chi connectivity index (χ3v) is 4.24. The topological polar surface area (TPSA) is 138 Å². The van der Waals surface area contributed by atoms with E-state index in [0.717, 1.165) is 5.56 Å². The van der Waals surface area contributed by atoms with E-state index in [0.29, 0.717) is 5.69 Å². The second-order valence-corrected chi connectivity index (χ2v) is 6.26. The fraction of sp³-hybridized carbons (Fsp3) is 0.333. The second-order valence-electron chi connectivity index (χ2n) is 6.26. The number of carboxylic acids is 1. The minimum atomic E-state index is -1.78. The summed E-state index contributed by atoms with van der Waals surface area (Å²) in [5, 5.41) is 38.5. The van der Waals surface area contributed by atoms with Crippen LogP contribution in [0.15, 0.2) is 47.4 Å². The third-order valence-electron chi connectivity index (χ3n) is 4.24. The molecule has 1 fully saturated rings. The molecule has 5 atom stereocenters. The van der Waals surface area contributed by atoms with Crippen LogP contribution < -0.4 is 10.3 Å². The first-order valence-electron chi connectivity index (χ1n) is 8.17. The summed E-state index contributed by atoms with van der Waals surface area (Å²) in [5.74, 6) is -1.27. The zero-order valence-corrected chi connectivity index (χ0v) is 14.3. The molecule has 0 bridgehead atoms. The van der Waals surface area contributed by atoms with Gasteiger partial charge in [0.2, 0.25) is 6.29 Å². The highest BCUT2D eigenvalue weighted by Crippen LogP contribution is 2.25. The molecule has 9 nitrogen and oxygen atoms in total. The second kappa shape index (κ2) is 7.49. The number of carbonyl (C=O) groups is 1. The van der Waals surface area contributed by atoms with Crippen LogP contribution in [0, 0.1) is 6.92 Å². The standard InChI is InChI=1S/C18H19NO8/c1-9-2-7-12(20)19(8-9)10-3-5-11(6-4-10)26-18-15(23)13(21)14(22)16(27-18)17(24)25/h2-8,13-16,18,21-23H,1H3,(H,24,25). The molecule has 5 unspecified atom stereocenters. The summed E-state index contributed by atoms with van der Waals surface area (Å²) in [6.07, 6.45) is -6.71. The van der Waals surface area contributed by atoms with E-state index < -0.39 is 36.7 Å². The molecule has 27 heavy (non-hydrogen) atoms. The van der Waals surface area contributed by atoms with Crippen LogP contribution in [0.3, 0.4) is 0 Å². The number of rotatable bonds is 4. The Balaban J connectivity index is 1.79. The van der Waals surface area contributed by atoms with E-state index in [2.05, 4.69) is 0 Å². The highest BCUT2D eigenvalue weighted by atomic mass is 16.7. The molecule has 0 saturated carbocycles. The average molecular weight is 377 g/mol. The largest absolute Gasteiger partial charge is 0.479 e. The van der Waals surface area contributed by atoms with Crippen molar-refractivity contribution in [3.05, 3.63) is 58.5 Å². The Hall–Kier alpha value is -2.72. The van der Waals surface area contributed by atoms with Crippen molar-refractivity contribution in [3.63, 3.8) is 0 Å². The number of hydrogen-bond donors (Lipinski definition) is 4. The van der Waals surface area contributed by atoms with Crippen LogP contribution in [-0.2, 0) is 9.53 Å². The van der Waals surface area contributed by atoms with Gasteiger partial charge in [-0.05, 0) is 36.8 Å². The van der Waals surface area contributed by atoms with Crippen LogP contribution in [0.4, 0.5) is 0 Å². The molecule has 9 heteroatoms. The molecule has 4 N–H and O–H groups in total. The molecule has 0 amide bonds. The fourth-order valence-corrected chi connectivity index (χ4v) is 2.76. The van der Waals surface area contributed by atoms with Gasteiger partial charge >= 0.3 is 5.97 Å². The van der Waals surface area contributed by atoms with Crippen LogP contribution in [0.2, 0.25) is 0 Å². The predicted molar refractivity (Wildman–Crippen MR) is 91.7 cm³/mol. The molecule has 1 saturated heterocycles. The van der Waals surface area contributed by atoms with Gasteiger partial charge in [-0.3, -0.25) is 9.36 Å². The van der Waals surface area contributed by atoms with Crippen LogP contribution in [-0.4, -0.2) is 61.7 Å². The number of aliphatic hydroxyl groups is 3. The lowest BCUT2D eigenvalue weighted by Crippen LogP contribution is -2.61. The van der Waals surface area contributed by atoms with E-state index in [1.54, 1.807) is 24.4 Å². The quantitative estimate of drug-likeness (QED) is 0.555. The Morgan fingerprint density at radius 2 is 1.70 bits per heavy atom. The zero-order chi connectivity index (χ0) is 19.7. The summed E-state index contributed by atoms with van der Waals surface area (Å²) in [6.45, 7) is 1.85. The van der Waals surface area contributed by atoms with E-state index in [1.165, 1.54) is 22.8 Å². The maximum absolute atomic E-state index is 12.0. The Kier molecular flexibility index (Phi) is 5.29. The normalized spacial score (nSPS) is 27.9. The predicted octanol–water partition coefficient (Wildman–Crippen LogP) is -0.583. The smallest absolute Gasteiger partial charge is 0.335 e. The highest BCUT2D eigenvalue weighted by Gasteiger charge is 2.48. The third kappa shape index (κ3) is 3.86. The monoisotopic (exact) mass is 377 g/mol. The first kappa shape index (κ1) is 19.1. The van der Waals surface area contributed by atoms with Crippen LogP contribution in [0.1, 0.15) is 5.56 Å². The van der Waals surface area contributed by atoms with Crippen molar-refractivity contribution in [1.29, 1.82) is 0 Å². The number of aliphatic hydroxyl groups excluding tert-OH is 3. The van der Waals surface area contributed by atoms with Crippen LogP contribution in [0.25, 0.3) is 5.69 Å². The lowest BCUT2D eigenvalue weighted by atomic mass is 9.99. The van der Waals surface area contributed by atoms with Gasteiger partial charge in [-0.15, -0.1) is 0 Å². The molecule has 1 aromatic carbocycles. The van der Waals surface area contributed by atoms with E-state index in [1.807, 2.05) is 6.92 Å². The van der Waals surface area contributed by atoms with Crippen molar-refractivity contribution >= 4 is 5.97 Å². The zero-order valence-electron chi connectivity index (χ0n) is 14.3. The van der Waals surface area contributed by atoms with Gasteiger partial charge in [0.05, 0.1) is 0 Å². The molecule has 3 rings (SSSR count). The summed E-state index contributed by atoms with van der Waals surface area (Å²) in [7, 11) is 0. The maximum atomic E-state index is 12.0. The highest BCUT2D eigenvalue weighted by molar-refractivity contribution is 5.73. The number of aryl methyl sites for hydroxylation is 1. The minimum absolute atomic E-state index is 0.207. The molecule has 0 spiro atoms. The lowest BCUT2D eigenvalue weighted by Gasteiger charge is -2.38. The molecule has 2 aromatic rings. The Labute approximate surface area is 153 Å². The Morgan fingerprint density at radius 1 is 1.04 bits per heavy atom. The van der Waals surface area contributed by atoms with Gasteiger partial charge < -0.3 is 29.9 Å². The molecule has 2 heterocycles. The first-order chi connectivity index (χ1) is 12.8. The summed E-state index contributed by atoms with van der Waals surface area (Å²) >= 11 is 0. The van der Waals surface area contributed by atoms with Crippen molar-refractivity contribution in [3.8, 4) is 11.4 Å². The van der Waals surface area contributed by atoms with Crippen LogP contribution in [0.5, 0.6) is 5.75 Å². The average Bonchev–Trinajstić information content (AvgIpc) is 2.64. The van der Waals surface area contributed by atoms with Gasteiger partial charge in [0.25, 0.3) is 5.56 Å². The number of carboxylic acid groups (broad SMARTS) is 1. The Morgan fingerprint density at radius 3 is 2.33 bits per heavy atom. The number of nitrogens with zero attached hydrogens (tertiary/aromatic N) is 1. The number of aromatic nitrogens is 1. The molecule has 144 valence electrons. The first-order valence-corrected chi connectivity index (χ1v) is 8.17. The number of benzene rings is 1. The van der Waals surface area contributed by atoms with E-state index in [4.69, 9.17) is 14.6 Å². The van der Waals surface area contributed by atoms with Crippen molar-refractivity contribution in [2.75, 3.05) is 0 Å². The number of aliphatic carboxylic acids is 1. The van der Waals surface area contributed by atoms with E-state index >= 15 is 0 Å². The minimum Gasteiger partial charge on any atom is -0.479 e. The van der Waals surface area contributed by atoms with Crippen molar-refractivity contribution in [2.45, 2.75) is 37.6 Å². The molecule has 1 aromatic heterocycles. The summed E-state index contributed by atoms with van der Waals surface area (Å²) in [4.78, 5) is 23.1. The lowest BCUT2D eigenvalue weighted by molar-refractivity contribution is -0.271. The summed E-state index contributed by atoms with van der Waals surface area (Å²) in [5.41, 5.74) is 1.28. The maximum Gasteiger partial charge on any atom is 0.335 e. The molecule has 0 radical (unpaired) electrons. The summed E-state index contributed by atoms with van der Waals surface area (Å²) < 4.78 is 11.9. The molecule has 1 aliphatic heterocycles. The van der Waals surface area contributed by atoms with Gasteiger partial charge in [0.15, 0.2) is 6.10 Å². The van der Waals surface area contributed by atoms with Crippen molar-refractivity contribution in [1.82, 2.24) is 4.57 Å². The molecular weight excluding hydrogens is 358 g/mol. The van der Waals surface area contributed by atoms with Crippen molar-refractivity contribution < 1.29 is 34.7 Å². The van der Waals surface area contributed by atoms with Gasteiger partial charge in [-0.25, -0.2) is 4.79 Å². The van der Waals surface area contributed by atoms with E-state index in [9.17, 15) is 24.9 Å². The molecular formula is C18H19NO8. The van der Waals surface area contributed by atoms with Gasteiger partial charge in [0.1, 0.15) is 24.1 Å². The SMILES string of the molecule is Cc1ccc(=O)n(-c2ccc(OC3OC(C(=O)O)C(O)C(O)C3O)cc2)c1. The van der Waals surface area contributed by atoms with Crippen molar-refractivity contribution in [2.24, 2.45) is 0 Å². The molecule has 0 aliphatic carbocycles. The molecule has 1 aliphatic rings. The fourth-order valence-electron chi connectivity index (χ4n) is 2.76. The number of hydrogen-bond acceptors (Lipinski definition) is 7. The van der Waals surface area contributed by atoms with Gasteiger partial charge in [0, 0.05) is 18.0 Å². The summed E-state index contributed by atoms with van der Waals surface area (Å²) in [6, 6.07) is 9.37. The van der Waals surface area contributed by atoms with E-state index in [-0.39, 0.29) is 11.3 Å².